The van der Waals surface area contributed by atoms with Crippen LogP contribution in [0.4, 0.5) is 0 Å². The Kier molecular flexibility index (Phi) is 8.19. The van der Waals surface area contributed by atoms with E-state index in [1.807, 2.05) is 42.6 Å². The van der Waals surface area contributed by atoms with E-state index in [9.17, 15) is 4.79 Å². The lowest BCUT2D eigenvalue weighted by Gasteiger charge is -2.20. The molecule has 1 saturated carbocycles. The molecule has 3 aromatic rings. The van der Waals surface area contributed by atoms with E-state index in [-0.39, 0.29) is 17.2 Å². The molecule has 1 aliphatic carbocycles. The number of carbonyl (C=O) groups excluding carboxylic acids is 1. The molecule has 1 fully saturated rings. The number of nitrogens with one attached hydrogen (secondary N) is 1. The topological polar surface area (TPSA) is 60.5 Å². The minimum atomic E-state index is -0.189. The van der Waals surface area contributed by atoms with Crippen LogP contribution in [-0.4, -0.2) is 31.7 Å². The zero-order valence-corrected chi connectivity index (χ0v) is 20.6. The first kappa shape index (κ1) is 24.5. The van der Waals surface area contributed by atoms with Gasteiger partial charge in [0.25, 0.3) is 0 Å². The number of ether oxygens (including phenoxy) is 2. The summed E-state index contributed by atoms with van der Waals surface area (Å²) in [6.07, 6.45) is 10.6. The number of carbonyl (C=O) groups is 1. The molecule has 1 heterocycles. The van der Waals surface area contributed by atoms with E-state index in [1.165, 1.54) is 11.1 Å². The highest BCUT2D eigenvalue weighted by Crippen LogP contribution is 2.60. The standard InChI is InChI=1S/C30H34N2O3/c1-34-27-14-8-10-23(20-27)30(24-11-9-15-28(21-24)35-2)22-25(30)16-17-29(33)32-19-6-3-4-12-26-13-5-7-18-31-26/h5,7-11,13-18,20-21,25H,3-4,6,12,19,22H2,1-2H3,(H,32,33)/b17-16+/t25-/m1/s1. The van der Waals surface area contributed by atoms with Gasteiger partial charge in [0.15, 0.2) is 0 Å². The Balaban J connectivity index is 1.34. The van der Waals surface area contributed by atoms with Gasteiger partial charge >= 0.3 is 0 Å². The fraction of sp³-hybridized carbons (Fsp3) is 0.333. The van der Waals surface area contributed by atoms with Crippen LogP contribution < -0.4 is 14.8 Å². The molecule has 0 unspecified atom stereocenters. The van der Waals surface area contributed by atoms with Gasteiger partial charge in [-0.1, -0.05) is 42.8 Å². The van der Waals surface area contributed by atoms with Crippen LogP contribution in [0.1, 0.15) is 42.5 Å². The average molecular weight is 471 g/mol. The number of rotatable bonds is 12. The van der Waals surface area contributed by atoms with Crippen LogP contribution in [0.25, 0.3) is 0 Å². The molecule has 0 radical (unpaired) electrons. The molecular formula is C30H34N2O3. The molecule has 0 bridgehead atoms. The van der Waals surface area contributed by atoms with Gasteiger partial charge in [0, 0.05) is 23.9 Å². The molecule has 5 nitrogen and oxygen atoms in total. The van der Waals surface area contributed by atoms with Crippen molar-refractivity contribution in [1.29, 1.82) is 0 Å². The Morgan fingerprint density at radius 3 is 2.31 bits per heavy atom. The van der Waals surface area contributed by atoms with Gasteiger partial charge in [-0.3, -0.25) is 9.78 Å². The maximum absolute atomic E-state index is 12.5. The van der Waals surface area contributed by atoms with Gasteiger partial charge in [-0.15, -0.1) is 0 Å². The van der Waals surface area contributed by atoms with Crippen molar-refractivity contribution in [3.63, 3.8) is 0 Å². The van der Waals surface area contributed by atoms with Gasteiger partial charge in [-0.2, -0.15) is 0 Å². The van der Waals surface area contributed by atoms with Crippen molar-refractivity contribution in [3.05, 3.63) is 102 Å². The SMILES string of the molecule is COc1cccc(C2(c3cccc(OC)c3)C[C@H]2/C=C/C(=O)NCCCCCc2ccccn2)c1. The van der Waals surface area contributed by atoms with Gasteiger partial charge in [-0.25, -0.2) is 0 Å². The van der Waals surface area contributed by atoms with Crippen LogP contribution in [0.2, 0.25) is 0 Å². The predicted molar refractivity (Wildman–Crippen MR) is 139 cm³/mol. The van der Waals surface area contributed by atoms with Crippen molar-refractivity contribution >= 4 is 5.91 Å². The second-order valence-corrected chi connectivity index (χ2v) is 9.03. The van der Waals surface area contributed by atoms with Crippen LogP contribution in [0.15, 0.2) is 85.1 Å². The smallest absolute Gasteiger partial charge is 0.243 e. The minimum Gasteiger partial charge on any atom is -0.497 e. The molecule has 35 heavy (non-hydrogen) atoms. The van der Waals surface area contributed by atoms with Crippen molar-refractivity contribution in [2.24, 2.45) is 5.92 Å². The number of nitrogens with zero attached hydrogens (tertiary/aromatic N) is 1. The zero-order chi connectivity index (χ0) is 24.5. The summed E-state index contributed by atoms with van der Waals surface area (Å²) in [6, 6.07) is 22.4. The molecule has 0 saturated heterocycles. The van der Waals surface area contributed by atoms with E-state index in [2.05, 4.69) is 46.7 Å². The highest BCUT2D eigenvalue weighted by molar-refractivity contribution is 5.87. The van der Waals surface area contributed by atoms with Crippen molar-refractivity contribution < 1.29 is 14.3 Å². The number of hydrogen-bond donors (Lipinski definition) is 1. The van der Waals surface area contributed by atoms with Gasteiger partial charge < -0.3 is 14.8 Å². The third-order valence-electron chi connectivity index (χ3n) is 6.80. The lowest BCUT2D eigenvalue weighted by Crippen LogP contribution is -2.22. The molecule has 1 amide bonds. The number of allylic oxidation sites excluding steroid dienone is 1. The summed E-state index contributed by atoms with van der Waals surface area (Å²) >= 11 is 0. The van der Waals surface area contributed by atoms with Crippen molar-refractivity contribution in [3.8, 4) is 11.5 Å². The molecule has 0 spiro atoms. The Hall–Kier alpha value is -3.60. The van der Waals surface area contributed by atoms with Gasteiger partial charge in [-0.05, 0) is 85.2 Å². The maximum Gasteiger partial charge on any atom is 0.243 e. The summed E-state index contributed by atoms with van der Waals surface area (Å²) in [7, 11) is 3.37. The molecule has 5 heteroatoms. The van der Waals surface area contributed by atoms with Crippen molar-refractivity contribution in [1.82, 2.24) is 10.3 Å². The Morgan fingerprint density at radius 1 is 0.971 bits per heavy atom. The van der Waals surface area contributed by atoms with E-state index in [4.69, 9.17) is 9.47 Å². The van der Waals surface area contributed by atoms with Crippen LogP contribution >= 0.6 is 0 Å². The lowest BCUT2D eigenvalue weighted by atomic mass is 9.85. The molecule has 1 aliphatic rings. The number of methoxy groups -OCH3 is 2. The largest absolute Gasteiger partial charge is 0.497 e. The first-order valence-corrected chi connectivity index (χ1v) is 12.3. The predicted octanol–water partition coefficient (Wildman–Crippen LogP) is 5.49. The fourth-order valence-corrected chi connectivity index (χ4v) is 4.78. The summed E-state index contributed by atoms with van der Waals surface area (Å²) in [5.74, 6) is 1.86. The summed E-state index contributed by atoms with van der Waals surface area (Å²) < 4.78 is 11.0. The normalized spacial score (nSPS) is 16.1. The second kappa shape index (κ2) is 11.7. The maximum atomic E-state index is 12.5. The van der Waals surface area contributed by atoms with E-state index < -0.39 is 0 Å². The lowest BCUT2D eigenvalue weighted by molar-refractivity contribution is -0.116. The van der Waals surface area contributed by atoms with Crippen LogP contribution in [0.5, 0.6) is 11.5 Å². The number of benzene rings is 2. The molecule has 1 atom stereocenters. The third-order valence-corrected chi connectivity index (χ3v) is 6.80. The number of aromatic nitrogens is 1. The highest BCUT2D eigenvalue weighted by atomic mass is 16.5. The monoisotopic (exact) mass is 470 g/mol. The minimum absolute atomic E-state index is 0.0354. The van der Waals surface area contributed by atoms with Gasteiger partial charge in [0.2, 0.25) is 5.91 Å². The Labute approximate surface area is 208 Å². The zero-order valence-electron chi connectivity index (χ0n) is 20.6. The van der Waals surface area contributed by atoms with Crippen LogP contribution in [0.3, 0.4) is 0 Å². The number of unbranched alkanes of at least 4 members (excludes halogenated alkanes) is 2. The summed E-state index contributed by atoms with van der Waals surface area (Å²) in [6.45, 7) is 0.687. The van der Waals surface area contributed by atoms with Gasteiger partial charge in [0.05, 0.1) is 14.2 Å². The summed E-state index contributed by atoms with van der Waals surface area (Å²) in [5, 5.41) is 3.03. The third kappa shape index (κ3) is 6.10. The molecule has 0 aliphatic heterocycles. The highest BCUT2D eigenvalue weighted by Gasteiger charge is 2.55. The Morgan fingerprint density at radius 2 is 1.69 bits per heavy atom. The average Bonchev–Trinajstić information content (AvgIpc) is 3.66. The number of aryl methyl sites for hydroxylation is 1. The molecule has 2 aromatic carbocycles. The second-order valence-electron chi connectivity index (χ2n) is 9.03. The number of pyridine rings is 1. The van der Waals surface area contributed by atoms with E-state index in [0.29, 0.717) is 6.54 Å². The van der Waals surface area contributed by atoms with E-state index in [1.54, 1.807) is 20.3 Å². The molecule has 4 rings (SSSR count). The Bertz CT molecular complexity index is 1100. The fourth-order valence-electron chi connectivity index (χ4n) is 4.78. The first-order chi connectivity index (χ1) is 17.2. The van der Waals surface area contributed by atoms with Crippen molar-refractivity contribution in [2.45, 2.75) is 37.5 Å². The van der Waals surface area contributed by atoms with Crippen LogP contribution in [0, 0.1) is 5.92 Å². The molecule has 182 valence electrons. The van der Waals surface area contributed by atoms with Gasteiger partial charge in [0.1, 0.15) is 11.5 Å². The van der Waals surface area contributed by atoms with E-state index in [0.717, 1.165) is 49.3 Å². The summed E-state index contributed by atoms with van der Waals surface area (Å²) in [5.41, 5.74) is 3.31. The van der Waals surface area contributed by atoms with Crippen molar-refractivity contribution in [2.75, 3.05) is 20.8 Å². The summed E-state index contributed by atoms with van der Waals surface area (Å²) in [4.78, 5) is 16.8. The number of amides is 1. The quantitative estimate of drug-likeness (QED) is 0.281. The molecule has 1 N–H and O–H groups in total. The first-order valence-electron chi connectivity index (χ1n) is 12.3. The molecule has 1 aromatic heterocycles. The molecular weight excluding hydrogens is 436 g/mol. The van der Waals surface area contributed by atoms with Crippen LogP contribution in [-0.2, 0) is 16.6 Å². The van der Waals surface area contributed by atoms with E-state index >= 15 is 0 Å². The number of hydrogen-bond acceptors (Lipinski definition) is 4.